The fourth-order valence-corrected chi connectivity index (χ4v) is 4.89. The minimum Gasteiger partial charge on any atom is -0.361 e. The molecule has 0 aliphatic heterocycles. The molecule has 3 heteroatoms. The fraction of sp³-hybridized carbons (Fsp3) is 0.0769. The molecule has 0 amide bonds. The third kappa shape index (κ3) is 2.18. The van der Waals surface area contributed by atoms with Crippen LogP contribution in [0.5, 0.6) is 0 Å². The van der Waals surface area contributed by atoms with Crippen LogP contribution in [-0.4, -0.2) is 15.0 Å². The molecule has 29 heavy (non-hydrogen) atoms. The van der Waals surface area contributed by atoms with E-state index < -0.39 is 0 Å². The van der Waals surface area contributed by atoms with Gasteiger partial charge in [-0.15, -0.1) is 0 Å². The maximum atomic E-state index is 3.49. The van der Waals surface area contributed by atoms with Gasteiger partial charge in [0.05, 0.1) is 0 Å². The number of H-pyrrole nitrogens is 3. The Morgan fingerprint density at radius 1 is 0.483 bits per heavy atom. The standard InChI is InChI=1S/C26H21N3/c1-26(20-14-27-23-11-5-2-8-17(20)23,21-15-28-24-12-6-3-9-18(21)24)22-16-29-25-13-7-4-10-19(22)25/h2-16,27-29H,1H3. The van der Waals surface area contributed by atoms with Gasteiger partial charge in [0.2, 0.25) is 0 Å². The van der Waals surface area contributed by atoms with E-state index in [1.54, 1.807) is 0 Å². The number of rotatable bonds is 3. The number of nitrogens with one attached hydrogen (secondary N) is 3. The Morgan fingerprint density at radius 2 is 0.793 bits per heavy atom. The van der Waals surface area contributed by atoms with Crippen molar-refractivity contribution in [2.45, 2.75) is 12.3 Å². The van der Waals surface area contributed by atoms with Crippen LogP contribution in [0.2, 0.25) is 0 Å². The predicted octanol–water partition coefficient (Wildman–Crippen LogP) is 6.48. The van der Waals surface area contributed by atoms with Gasteiger partial charge in [0, 0.05) is 56.7 Å². The molecule has 0 spiro atoms. The molecule has 0 aliphatic carbocycles. The van der Waals surface area contributed by atoms with Gasteiger partial charge in [-0.05, 0) is 41.8 Å². The molecule has 3 heterocycles. The first-order chi connectivity index (χ1) is 14.3. The van der Waals surface area contributed by atoms with E-state index in [9.17, 15) is 0 Å². The largest absolute Gasteiger partial charge is 0.361 e. The highest BCUT2D eigenvalue weighted by atomic mass is 14.7. The second-order valence-corrected chi connectivity index (χ2v) is 7.87. The summed E-state index contributed by atoms with van der Waals surface area (Å²) in [5.41, 5.74) is 6.99. The van der Waals surface area contributed by atoms with Crippen molar-refractivity contribution >= 4 is 32.7 Å². The average Bonchev–Trinajstić information content (AvgIpc) is 3.49. The summed E-state index contributed by atoms with van der Waals surface area (Å²) in [5.74, 6) is 0. The first-order valence-corrected chi connectivity index (χ1v) is 9.96. The second-order valence-electron chi connectivity index (χ2n) is 7.87. The number of aromatic nitrogens is 3. The van der Waals surface area contributed by atoms with Crippen molar-refractivity contribution in [2.24, 2.45) is 0 Å². The number of aromatic amines is 3. The number of hydrogen-bond acceptors (Lipinski definition) is 0. The molecule has 6 rings (SSSR count). The highest BCUT2D eigenvalue weighted by Crippen LogP contribution is 2.46. The van der Waals surface area contributed by atoms with Crippen molar-refractivity contribution < 1.29 is 0 Å². The van der Waals surface area contributed by atoms with Crippen LogP contribution in [0.4, 0.5) is 0 Å². The topological polar surface area (TPSA) is 47.4 Å². The maximum absolute atomic E-state index is 3.49. The SMILES string of the molecule is CC(c1c[nH]c2ccccc12)(c1c[nH]c2ccccc12)c1c[nH]c2ccccc12. The summed E-state index contributed by atoms with van der Waals surface area (Å²) in [7, 11) is 0. The van der Waals surface area contributed by atoms with Crippen LogP contribution in [0.1, 0.15) is 23.6 Å². The third-order valence-corrected chi connectivity index (χ3v) is 6.38. The summed E-state index contributed by atoms with van der Waals surface area (Å²) in [6.07, 6.45) is 6.52. The Balaban J connectivity index is 1.76. The molecule has 6 aromatic rings. The second kappa shape index (κ2) is 5.89. The number of hydrogen-bond donors (Lipinski definition) is 3. The first kappa shape index (κ1) is 16.3. The number of fused-ring (bicyclic) bond motifs is 3. The van der Waals surface area contributed by atoms with Gasteiger partial charge in [-0.1, -0.05) is 54.6 Å². The lowest BCUT2D eigenvalue weighted by Crippen LogP contribution is -2.24. The van der Waals surface area contributed by atoms with Crippen LogP contribution in [0, 0.1) is 0 Å². The molecule has 0 bridgehead atoms. The smallest absolute Gasteiger partial charge is 0.0486 e. The summed E-state index contributed by atoms with van der Waals surface area (Å²) in [5, 5.41) is 3.77. The van der Waals surface area contributed by atoms with Crippen LogP contribution in [0.25, 0.3) is 32.7 Å². The minimum absolute atomic E-state index is 0.335. The zero-order valence-electron chi connectivity index (χ0n) is 16.2. The lowest BCUT2D eigenvalue weighted by atomic mass is 9.71. The summed E-state index contributed by atoms with van der Waals surface area (Å²) in [6.45, 7) is 2.34. The van der Waals surface area contributed by atoms with Crippen molar-refractivity contribution in [2.75, 3.05) is 0 Å². The molecule has 0 fully saturated rings. The maximum Gasteiger partial charge on any atom is 0.0486 e. The lowest BCUT2D eigenvalue weighted by Gasteiger charge is -2.30. The Hall–Kier alpha value is -3.72. The molecule has 3 aromatic carbocycles. The molecule has 3 aromatic heterocycles. The number of benzene rings is 3. The van der Waals surface area contributed by atoms with Gasteiger partial charge in [-0.25, -0.2) is 0 Å². The molecule has 0 unspecified atom stereocenters. The van der Waals surface area contributed by atoms with Crippen LogP contribution in [-0.2, 0) is 5.41 Å². The monoisotopic (exact) mass is 375 g/mol. The summed E-state index contributed by atoms with van der Waals surface area (Å²) < 4.78 is 0. The van der Waals surface area contributed by atoms with E-state index in [1.165, 1.54) is 32.8 Å². The van der Waals surface area contributed by atoms with E-state index in [2.05, 4.69) is 113 Å². The van der Waals surface area contributed by atoms with Gasteiger partial charge in [0.25, 0.3) is 0 Å². The van der Waals surface area contributed by atoms with Gasteiger partial charge in [0.15, 0.2) is 0 Å². The van der Waals surface area contributed by atoms with Crippen molar-refractivity contribution in [3.63, 3.8) is 0 Å². The molecule has 0 aliphatic rings. The quantitative estimate of drug-likeness (QED) is 0.317. The molecular weight excluding hydrogens is 354 g/mol. The zero-order valence-corrected chi connectivity index (χ0v) is 16.2. The predicted molar refractivity (Wildman–Crippen MR) is 120 cm³/mol. The number of para-hydroxylation sites is 3. The van der Waals surface area contributed by atoms with E-state index in [0.717, 1.165) is 16.6 Å². The van der Waals surface area contributed by atoms with Crippen LogP contribution in [0.3, 0.4) is 0 Å². The van der Waals surface area contributed by atoms with E-state index in [-0.39, 0.29) is 5.41 Å². The van der Waals surface area contributed by atoms with Crippen molar-refractivity contribution in [1.29, 1.82) is 0 Å². The van der Waals surface area contributed by atoms with Crippen molar-refractivity contribution in [3.8, 4) is 0 Å². The van der Waals surface area contributed by atoms with Gasteiger partial charge in [-0.2, -0.15) is 0 Å². The van der Waals surface area contributed by atoms with Gasteiger partial charge >= 0.3 is 0 Å². The molecule has 0 radical (unpaired) electrons. The third-order valence-electron chi connectivity index (χ3n) is 6.38. The molecular formula is C26H21N3. The molecule has 0 saturated heterocycles. The van der Waals surface area contributed by atoms with Crippen LogP contribution < -0.4 is 0 Å². The molecule has 3 nitrogen and oxygen atoms in total. The normalized spacial score (nSPS) is 12.3. The van der Waals surface area contributed by atoms with E-state index in [0.29, 0.717) is 0 Å². The highest BCUT2D eigenvalue weighted by molar-refractivity contribution is 5.94. The van der Waals surface area contributed by atoms with Gasteiger partial charge in [-0.3, -0.25) is 0 Å². The molecule has 3 N–H and O–H groups in total. The van der Waals surface area contributed by atoms with Crippen molar-refractivity contribution in [1.82, 2.24) is 15.0 Å². The minimum atomic E-state index is -0.335. The first-order valence-electron chi connectivity index (χ1n) is 9.96. The van der Waals surface area contributed by atoms with E-state index >= 15 is 0 Å². The average molecular weight is 375 g/mol. The van der Waals surface area contributed by atoms with Crippen LogP contribution in [0.15, 0.2) is 91.4 Å². The van der Waals surface area contributed by atoms with Crippen molar-refractivity contribution in [3.05, 3.63) is 108 Å². The summed E-state index contributed by atoms with van der Waals surface area (Å²) >= 11 is 0. The van der Waals surface area contributed by atoms with Gasteiger partial charge < -0.3 is 15.0 Å². The molecule has 140 valence electrons. The van der Waals surface area contributed by atoms with E-state index in [4.69, 9.17) is 0 Å². The molecule has 0 atom stereocenters. The van der Waals surface area contributed by atoms with Gasteiger partial charge in [0.1, 0.15) is 0 Å². The Morgan fingerprint density at radius 3 is 1.14 bits per heavy atom. The lowest BCUT2D eigenvalue weighted by molar-refractivity contribution is 0.712. The Bertz CT molecular complexity index is 1300. The van der Waals surface area contributed by atoms with Crippen LogP contribution >= 0.6 is 0 Å². The Labute approximate surface area is 168 Å². The summed E-state index contributed by atoms with van der Waals surface area (Å²) in [6, 6.07) is 25.7. The summed E-state index contributed by atoms with van der Waals surface area (Å²) in [4.78, 5) is 10.5. The Kier molecular flexibility index (Phi) is 3.30. The zero-order chi connectivity index (χ0) is 19.4. The van der Waals surface area contributed by atoms with E-state index in [1.807, 2.05) is 0 Å². The molecule has 0 saturated carbocycles. The highest BCUT2D eigenvalue weighted by Gasteiger charge is 2.37. The fourth-order valence-electron chi connectivity index (χ4n) is 4.89.